The fraction of sp³-hybridized carbons (Fsp3) is 0.625. The molecule has 0 radical (unpaired) electrons. The number of aryl methyl sites for hydroxylation is 2. The Balaban J connectivity index is 1.99. The van der Waals surface area contributed by atoms with Gasteiger partial charge in [-0.05, 0) is 56.2 Å². The molecule has 2 aliphatic heterocycles. The Morgan fingerprint density at radius 1 is 1.11 bits per heavy atom. The van der Waals surface area contributed by atoms with Gasteiger partial charge in [0.2, 0.25) is 0 Å². The molecule has 18 heavy (non-hydrogen) atoms. The van der Waals surface area contributed by atoms with Crippen LogP contribution in [0.1, 0.15) is 48.8 Å². The van der Waals surface area contributed by atoms with E-state index in [0.717, 1.165) is 12.8 Å². The van der Waals surface area contributed by atoms with Gasteiger partial charge in [0.25, 0.3) is 0 Å². The maximum absolute atomic E-state index is 11.2. The highest BCUT2D eigenvalue weighted by atomic mass is 32.2. The molecule has 2 aliphatic rings. The molecule has 0 amide bonds. The van der Waals surface area contributed by atoms with Crippen molar-refractivity contribution in [2.45, 2.75) is 62.1 Å². The van der Waals surface area contributed by atoms with Crippen molar-refractivity contribution in [3.63, 3.8) is 0 Å². The molecule has 2 fully saturated rings. The van der Waals surface area contributed by atoms with E-state index in [2.05, 4.69) is 43.8 Å². The minimum absolute atomic E-state index is 0.573. The van der Waals surface area contributed by atoms with Crippen LogP contribution in [-0.2, 0) is 5.60 Å². The molecule has 1 aromatic carbocycles. The molecule has 0 saturated carbocycles. The van der Waals surface area contributed by atoms with Crippen molar-refractivity contribution < 1.29 is 5.11 Å². The normalized spacial score (nSPS) is 35.5. The molecular formula is C16H22OS. The van der Waals surface area contributed by atoms with Crippen LogP contribution in [-0.4, -0.2) is 15.6 Å². The zero-order valence-corrected chi connectivity index (χ0v) is 12.1. The lowest BCUT2D eigenvalue weighted by molar-refractivity contribution is 0.00701. The first-order valence-corrected chi connectivity index (χ1v) is 7.97. The first-order chi connectivity index (χ1) is 8.58. The third-order valence-corrected chi connectivity index (χ3v) is 6.09. The molecular weight excluding hydrogens is 240 g/mol. The highest BCUT2D eigenvalue weighted by Gasteiger charge is 2.43. The second-order valence-electron chi connectivity index (χ2n) is 6.02. The van der Waals surface area contributed by atoms with Crippen LogP contribution < -0.4 is 0 Å². The lowest BCUT2D eigenvalue weighted by Crippen LogP contribution is -2.41. The van der Waals surface area contributed by atoms with Crippen LogP contribution >= 0.6 is 11.8 Å². The zero-order chi connectivity index (χ0) is 12.8. The summed E-state index contributed by atoms with van der Waals surface area (Å²) in [5, 5.41) is 12.5. The topological polar surface area (TPSA) is 20.2 Å². The van der Waals surface area contributed by atoms with Crippen LogP contribution in [0.5, 0.6) is 0 Å². The summed E-state index contributed by atoms with van der Waals surface area (Å²) in [6.07, 6.45) is 5.81. The Bertz CT molecular complexity index is 422. The number of aliphatic hydroxyl groups is 1. The van der Waals surface area contributed by atoms with E-state index in [-0.39, 0.29) is 0 Å². The number of hydrogen-bond acceptors (Lipinski definition) is 2. The summed E-state index contributed by atoms with van der Waals surface area (Å²) in [4.78, 5) is 0. The summed E-state index contributed by atoms with van der Waals surface area (Å²) < 4.78 is 0. The predicted molar refractivity (Wildman–Crippen MR) is 78.1 cm³/mol. The van der Waals surface area contributed by atoms with Crippen molar-refractivity contribution in [1.29, 1.82) is 0 Å². The SMILES string of the molecule is Cc1cccc(C)c1C1(O)CC2CCCC(C1)S2. The van der Waals surface area contributed by atoms with Gasteiger partial charge in [0.1, 0.15) is 0 Å². The van der Waals surface area contributed by atoms with Gasteiger partial charge in [0.15, 0.2) is 0 Å². The molecule has 1 N–H and O–H groups in total. The van der Waals surface area contributed by atoms with Crippen LogP contribution in [0.25, 0.3) is 0 Å². The van der Waals surface area contributed by atoms with Gasteiger partial charge in [0.05, 0.1) is 5.60 Å². The van der Waals surface area contributed by atoms with Crippen molar-refractivity contribution >= 4 is 11.8 Å². The van der Waals surface area contributed by atoms with Crippen LogP contribution in [0, 0.1) is 13.8 Å². The quantitative estimate of drug-likeness (QED) is 0.827. The molecule has 1 nitrogen and oxygen atoms in total. The van der Waals surface area contributed by atoms with Crippen molar-refractivity contribution in [1.82, 2.24) is 0 Å². The molecule has 2 heteroatoms. The maximum atomic E-state index is 11.2. The lowest BCUT2D eigenvalue weighted by atomic mass is 9.77. The van der Waals surface area contributed by atoms with Gasteiger partial charge in [-0.1, -0.05) is 24.6 Å². The molecule has 0 aromatic heterocycles. The molecule has 3 rings (SSSR count). The molecule has 98 valence electrons. The van der Waals surface area contributed by atoms with Gasteiger partial charge in [-0.25, -0.2) is 0 Å². The minimum Gasteiger partial charge on any atom is -0.385 e. The minimum atomic E-state index is -0.573. The van der Waals surface area contributed by atoms with Gasteiger partial charge in [-0.2, -0.15) is 11.8 Å². The van der Waals surface area contributed by atoms with Gasteiger partial charge in [-0.3, -0.25) is 0 Å². The predicted octanol–water partition coefficient (Wildman–Crippen LogP) is 3.94. The molecule has 2 heterocycles. The van der Waals surface area contributed by atoms with E-state index in [1.165, 1.54) is 36.0 Å². The molecule has 0 aliphatic carbocycles. The van der Waals surface area contributed by atoms with Crippen molar-refractivity contribution in [3.05, 3.63) is 34.9 Å². The number of thioether (sulfide) groups is 1. The fourth-order valence-electron chi connectivity index (χ4n) is 3.87. The fourth-order valence-corrected chi connectivity index (χ4v) is 5.76. The number of fused-ring (bicyclic) bond motifs is 2. The molecule has 2 atom stereocenters. The first kappa shape index (κ1) is 12.6. The standard InChI is InChI=1S/C16H22OS/c1-11-5-3-6-12(2)15(11)16(17)9-13-7-4-8-14(10-16)18-13/h3,5-6,13-14,17H,4,7-10H2,1-2H3. The Morgan fingerprint density at radius 2 is 1.67 bits per heavy atom. The van der Waals surface area contributed by atoms with Gasteiger partial charge < -0.3 is 5.11 Å². The van der Waals surface area contributed by atoms with Crippen LogP contribution in [0.2, 0.25) is 0 Å². The second-order valence-corrected chi connectivity index (χ2v) is 7.62. The van der Waals surface area contributed by atoms with Crippen LogP contribution in [0.15, 0.2) is 18.2 Å². The average molecular weight is 262 g/mol. The number of hydrogen-bond donors (Lipinski definition) is 1. The van der Waals surface area contributed by atoms with Gasteiger partial charge in [-0.15, -0.1) is 0 Å². The number of rotatable bonds is 1. The third kappa shape index (κ3) is 2.10. The summed E-state index contributed by atoms with van der Waals surface area (Å²) >= 11 is 2.12. The lowest BCUT2D eigenvalue weighted by Gasteiger charge is -2.45. The zero-order valence-electron chi connectivity index (χ0n) is 11.3. The molecule has 1 aromatic rings. The first-order valence-electron chi connectivity index (χ1n) is 7.03. The monoisotopic (exact) mass is 262 g/mol. The largest absolute Gasteiger partial charge is 0.385 e. The maximum Gasteiger partial charge on any atom is 0.0922 e. The summed E-state index contributed by atoms with van der Waals surface area (Å²) in [5.74, 6) is 0. The highest BCUT2D eigenvalue weighted by molar-refractivity contribution is 8.00. The molecule has 2 unspecified atom stereocenters. The van der Waals surface area contributed by atoms with Crippen LogP contribution in [0.3, 0.4) is 0 Å². The van der Waals surface area contributed by atoms with E-state index in [9.17, 15) is 5.11 Å². The smallest absolute Gasteiger partial charge is 0.0922 e. The van der Waals surface area contributed by atoms with E-state index in [1.54, 1.807) is 0 Å². The van der Waals surface area contributed by atoms with E-state index < -0.39 is 5.60 Å². The van der Waals surface area contributed by atoms with Crippen molar-refractivity contribution in [2.75, 3.05) is 0 Å². The van der Waals surface area contributed by atoms with Crippen LogP contribution in [0.4, 0.5) is 0 Å². The number of benzene rings is 1. The van der Waals surface area contributed by atoms with E-state index in [4.69, 9.17) is 0 Å². The Hall–Kier alpha value is -0.470. The van der Waals surface area contributed by atoms with E-state index >= 15 is 0 Å². The average Bonchev–Trinajstić information content (AvgIpc) is 2.27. The van der Waals surface area contributed by atoms with Crippen molar-refractivity contribution in [2.24, 2.45) is 0 Å². The van der Waals surface area contributed by atoms with E-state index in [0.29, 0.717) is 10.5 Å². The Labute approximate surface area is 114 Å². The third-order valence-electron chi connectivity index (χ3n) is 4.51. The Morgan fingerprint density at radius 3 is 2.22 bits per heavy atom. The summed E-state index contributed by atoms with van der Waals surface area (Å²) in [7, 11) is 0. The second kappa shape index (κ2) is 4.57. The van der Waals surface area contributed by atoms with E-state index in [1.807, 2.05) is 0 Å². The highest BCUT2D eigenvalue weighted by Crippen LogP contribution is 2.50. The summed E-state index contributed by atoms with van der Waals surface area (Å²) in [6.45, 7) is 4.27. The van der Waals surface area contributed by atoms with Gasteiger partial charge >= 0.3 is 0 Å². The summed E-state index contributed by atoms with van der Waals surface area (Å²) in [6, 6.07) is 6.37. The molecule has 2 saturated heterocycles. The van der Waals surface area contributed by atoms with Gasteiger partial charge in [0, 0.05) is 10.5 Å². The molecule has 2 bridgehead atoms. The Kier molecular flexibility index (Phi) is 3.19. The molecule has 0 spiro atoms. The van der Waals surface area contributed by atoms with Crippen molar-refractivity contribution in [3.8, 4) is 0 Å². The summed E-state index contributed by atoms with van der Waals surface area (Å²) in [5.41, 5.74) is 3.14.